The first-order chi connectivity index (χ1) is 11.8. The standard InChI is InChI=1S/C19H32N2O4/c1-17(2,3)25-16(22)21-7-4-18(14-21)12-15(13-18)20-8-5-19(6-9-20)23-10-11-24-19/h15H,4-14H2,1-3H3/t15-,18+. The van der Waals surface area contributed by atoms with Crippen LogP contribution in [-0.2, 0) is 14.2 Å². The van der Waals surface area contributed by atoms with Crippen LogP contribution in [0.3, 0.4) is 0 Å². The summed E-state index contributed by atoms with van der Waals surface area (Å²) >= 11 is 0. The van der Waals surface area contributed by atoms with Gasteiger partial charge < -0.3 is 19.1 Å². The lowest BCUT2D eigenvalue weighted by atomic mass is 9.64. The number of rotatable bonds is 1. The fraction of sp³-hybridized carbons (Fsp3) is 0.947. The number of ether oxygens (including phenoxy) is 3. The Morgan fingerprint density at radius 3 is 2.28 bits per heavy atom. The van der Waals surface area contributed by atoms with Crippen molar-refractivity contribution in [2.24, 2.45) is 5.41 Å². The summed E-state index contributed by atoms with van der Waals surface area (Å²) in [7, 11) is 0. The number of carbonyl (C=O) groups is 1. The van der Waals surface area contributed by atoms with E-state index in [1.807, 2.05) is 25.7 Å². The second-order valence-corrected chi connectivity index (χ2v) is 9.36. The first-order valence-electron chi connectivity index (χ1n) is 9.78. The van der Waals surface area contributed by atoms with Crippen LogP contribution < -0.4 is 0 Å². The van der Waals surface area contributed by atoms with Gasteiger partial charge in [-0.2, -0.15) is 0 Å². The Labute approximate surface area is 150 Å². The van der Waals surface area contributed by atoms with Crippen molar-refractivity contribution in [1.29, 1.82) is 0 Å². The Morgan fingerprint density at radius 1 is 1.04 bits per heavy atom. The monoisotopic (exact) mass is 352 g/mol. The molecule has 1 saturated carbocycles. The Hall–Kier alpha value is -0.850. The number of nitrogens with zero attached hydrogens (tertiary/aromatic N) is 2. The predicted molar refractivity (Wildman–Crippen MR) is 93.3 cm³/mol. The van der Waals surface area contributed by atoms with E-state index in [0.717, 1.165) is 58.7 Å². The highest BCUT2D eigenvalue weighted by Crippen LogP contribution is 2.51. The Bertz CT molecular complexity index is 508. The molecule has 0 N–H and O–H groups in total. The lowest BCUT2D eigenvalue weighted by molar-refractivity contribution is -0.192. The average Bonchev–Trinajstić information content (AvgIpc) is 3.13. The summed E-state index contributed by atoms with van der Waals surface area (Å²) in [6.07, 6.45) is 5.36. The van der Waals surface area contributed by atoms with Crippen molar-refractivity contribution in [3.63, 3.8) is 0 Å². The van der Waals surface area contributed by atoms with Crippen LogP contribution in [0.15, 0.2) is 0 Å². The van der Waals surface area contributed by atoms with Gasteiger partial charge in [-0.1, -0.05) is 0 Å². The lowest BCUT2D eigenvalue weighted by Gasteiger charge is -2.52. The molecule has 3 aliphatic heterocycles. The average molecular weight is 352 g/mol. The normalized spacial score (nSPS) is 35.3. The molecular weight excluding hydrogens is 320 g/mol. The second kappa shape index (κ2) is 6.10. The van der Waals surface area contributed by atoms with Gasteiger partial charge in [0.25, 0.3) is 0 Å². The molecule has 0 aromatic carbocycles. The van der Waals surface area contributed by atoms with E-state index >= 15 is 0 Å². The molecule has 142 valence electrons. The summed E-state index contributed by atoms with van der Waals surface area (Å²) in [4.78, 5) is 16.8. The molecule has 2 spiro atoms. The molecule has 0 bridgehead atoms. The fourth-order valence-electron chi connectivity index (χ4n) is 4.96. The molecule has 6 nitrogen and oxygen atoms in total. The van der Waals surface area contributed by atoms with E-state index in [9.17, 15) is 4.79 Å². The van der Waals surface area contributed by atoms with Crippen LogP contribution in [0, 0.1) is 5.41 Å². The van der Waals surface area contributed by atoms with Gasteiger partial charge in [0.1, 0.15) is 5.60 Å². The van der Waals surface area contributed by atoms with Crippen LogP contribution in [0.5, 0.6) is 0 Å². The van der Waals surface area contributed by atoms with E-state index in [1.54, 1.807) is 0 Å². The second-order valence-electron chi connectivity index (χ2n) is 9.36. The fourth-order valence-corrected chi connectivity index (χ4v) is 4.96. The van der Waals surface area contributed by atoms with E-state index in [4.69, 9.17) is 14.2 Å². The van der Waals surface area contributed by atoms with Crippen molar-refractivity contribution in [1.82, 2.24) is 9.80 Å². The number of carbonyl (C=O) groups excluding carboxylic acids is 1. The summed E-state index contributed by atoms with van der Waals surface area (Å²) in [5, 5.41) is 0. The Morgan fingerprint density at radius 2 is 1.68 bits per heavy atom. The molecule has 0 radical (unpaired) electrons. The van der Waals surface area contributed by atoms with Gasteiger partial charge >= 0.3 is 6.09 Å². The third-order valence-corrected chi connectivity index (χ3v) is 6.32. The summed E-state index contributed by atoms with van der Waals surface area (Å²) in [6.45, 7) is 11.1. The van der Waals surface area contributed by atoms with Crippen molar-refractivity contribution >= 4 is 6.09 Å². The van der Waals surface area contributed by atoms with E-state index in [2.05, 4.69) is 4.90 Å². The van der Waals surface area contributed by atoms with Gasteiger partial charge in [-0.05, 0) is 45.4 Å². The largest absolute Gasteiger partial charge is 0.444 e. The molecule has 3 heterocycles. The SMILES string of the molecule is CC(C)(C)OC(=O)N1CC[C@]2(C1)C[C@@H](N1CCC3(CC1)OCCO3)C2. The number of hydrogen-bond acceptors (Lipinski definition) is 5. The minimum absolute atomic E-state index is 0.150. The summed E-state index contributed by atoms with van der Waals surface area (Å²) in [6, 6.07) is 0.664. The first-order valence-corrected chi connectivity index (χ1v) is 9.78. The van der Waals surface area contributed by atoms with Crippen molar-refractivity contribution in [2.45, 2.75) is 70.3 Å². The third-order valence-electron chi connectivity index (χ3n) is 6.32. The van der Waals surface area contributed by atoms with Crippen molar-refractivity contribution in [3.8, 4) is 0 Å². The molecular formula is C19H32N2O4. The topological polar surface area (TPSA) is 51.2 Å². The molecule has 3 saturated heterocycles. The van der Waals surface area contributed by atoms with Gasteiger partial charge in [-0.3, -0.25) is 4.90 Å². The maximum absolute atomic E-state index is 12.3. The molecule has 0 aromatic rings. The molecule has 0 unspecified atom stereocenters. The molecule has 1 amide bonds. The highest BCUT2D eigenvalue weighted by molar-refractivity contribution is 5.68. The van der Waals surface area contributed by atoms with Crippen molar-refractivity contribution < 1.29 is 19.0 Å². The van der Waals surface area contributed by atoms with E-state index in [1.165, 1.54) is 12.8 Å². The molecule has 6 heteroatoms. The molecule has 4 fully saturated rings. The summed E-state index contributed by atoms with van der Waals surface area (Å²) in [5.74, 6) is -0.279. The van der Waals surface area contributed by atoms with Crippen LogP contribution in [0.1, 0.15) is 52.9 Å². The zero-order valence-corrected chi connectivity index (χ0v) is 15.9. The maximum atomic E-state index is 12.3. The molecule has 4 aliphatic rings. The minimum Gasteiger partial charge on any atom is -0.444 e. The zero-order chi connectivity index (χ0) is 17.7. The van der Waals surface area contributed by atoms with E-state index < -0.39 is 5.60 Å². The Balaban J connectivity index is 1.24. The zero-order valence-electron chi connectivity index (χ0n) is 15.9. The number of hydrogen-bond donors (Lipinski definition) is 0. The van der Waals surface area contributed by atoms with Crippen LogP contribution in [0.2, 0.25) is 0 Å². The molecule has 0 aromatic heterocycles. The molecule has 4 rings (SSSR count). The highest BCUT2D eigenvalue weighted by Gasteiger charge is 2.52. The van der Waals surface area contributed by atoms with E-state index in [0.29, 0.717) is 11.5 Å². The van der Waals surface area contributed by atoms with Crippen LogP contribution >= 0.6 is 0 Å². The van der Waals surface area contributed by atoms with Crippen LogP contribution in [0.4, 0.5) is 4.79 Å². The van der Waals surface area contributed by atoms with Crippen molar-refractivity contribution in [2.75, 3.05) is 39.4 Å². The maximum Gasteiger partial charge on any atom is 0.410 e. The predicted octanol–water partition coefficient (Wildman–Crippen LogP) is 2.61. The molecule has 25 heavy (non-hydrogen) atoms. The smallest absolute Gasteiger partial charge is 0.410 e. The van der Waals surface area contributed by atoms with Gasteiger partial charge in [0, 0.05) is 45.1 Å². The van der Waals surface area contributed by atoms with Gasteiger partial charge in [0.15, 0.2) is 5.79 Å². The third kappa shape index (κ3) is 3.53. The number of amides is 1. The molecule has 0 atom stereocenters. The summed E-state index contributed by atoms with van der Waals surface area (Å²) in [5.41, 5.74) is -0.0831. The lowest BCUT2D eigenvalue weighted by Crippen LogP contribution is -2.56. The minimum atomic E-state index is -0.414. The van der Waals surface area contributed by atoms with Gasteiger partial charge in [0.05, 0.1) is 13.2 Å². The van der Waals surface area contributed by atoms with Gasteiger partial charge in [0.2, 0.25) is 0 Å². The number of likely N-dealkylation sites (tertiary alicyclic amines) is 2. The van der Waals surface area contributed by atoms with Crippen LogP contribution in [0.25, 0.3) is 0 Å². The van der Waals surface area contributed by atoms with E-state index in [-0.39, 0.29) is 11.9 Å². The first kappa shape index (κ1) is 17.6. The van der Waals surface area contributed by atoms with Gasteiger partial charge in [-0.25, -0.2) is 4.79 Å². The quantitative estimate of drug-likeness (QED) is 0.726. The Kier molecular flexibility index (Phi) is 4.28. The van der Waals surface area contributed by atoms with Crippen molar-refractivity contribution in [3.05, 3.63) is 0 Å². The van der Waals surface area contributed by atoms with Crippen LogP contribution in [-0.4, -0.2) is 72.7 Å². The number of piperidine rings is 1. The summed E-state index contributed by atoms with van der Waals surface area (Å²) < 4.78 is 17.2. The molecule has 1 aliphatic carbocycles. The highest BCUT2D eigenvalue weighted by atomic mass is 16.7. The van der Waals surface area contributed by atoms with Gasteiger partial charge in [-0.15, -0.1) is 0 Å².